The molecule has 1 N–H and O–H groups in total. The normalized spacial score (nSPS) is 11.7. The Morgan fingerprint density at radius 1 is 1.17 bits per heavy atom. The fourth-order valence-corrected chi connectivity index (χ4v) is 2.26. The second-order valence-corrected chi connectivity index (χ2v) is 6.05. The van der Waals surface area contributed by atoms with E-state index in [1.54, 1.807) is 7.11 Å². The third kappa shape index (κ3) is 4.69. The van der Waals surface area contributed by atoms with Gasteiger partial charge in [-0.2, -0.15) is 0 Å². The largest absolute Gasteiger partial charge is 0.496 e. The van der Waals surface area contributed by atoms with Crippen molar-refractivity contribution in [1.29, 1.82) is 0 Å². The number of aryl methyl sites for hydroxylation is 3. The smallest absolute Gasteiger partial charge is 0.124 e. The Labute approximate surface area is 112 Å². The molecule has 0 aliphatic heterocycles. The molecule has 0 amide bonds. The summed E-state index contributed by atoms with van der Waals surface area (Å²) in [6.07, 6.45) is 2.20. The van der Waals surface area contributed by atoms with Crippen LogP contribution >= 0.6 is 0 Å². The van der Waals surface area contributed by atoms with Gasteiger partial charge >= 0.3 is 0 Å². The van der Waals surface area contributed by atoms with E-state index >= 15 is 0 Å². The quantitative estimate of drug-likeness (QED) is 0.805. The standard InChI is InChI=1S/C16H27NO/c1-12-10-13(2)15(18-6)14(11-12)8-7-9-17-16(3,4)5/h10-11,17H,7-9H2,1-6H3. The minimum atomic E-state index is 0.201. The van der Waals surface area contributed by atoms with Gasteiger partial charge in [0.15, 0.2) is 0 Å². The van der Waals surface area contributed by atoms with E-state index in [2.05, 4.69) is 52.1 Å². The highest BCUT2D eigenvalue weighted by Gasteiger charge is 2.10. The minimum absolute atomic E-state index is 0.201. The topological polar surface area (TPSA) is 21.3 Å². The molecule has 0 saturated carbocycles. The van der Waals surface area contributed by atoms with E-state index in [4.69, 9.17) is 4.74 Å². The number of hydrogen-bond acceptors (Lipinski definition) is 2. The van der Waals surface area contributed by atoms with Gasteiger partial charge in [-0.1, -0.05) is 17.7 Å². The molecule has 0 heterocycles. The van der Waals surface area contributed by atoms with Crippen LogP contribution in [0.5, 0.6) is 5.75 Å². The molecule has 1 aromatic rings. The molecule has 0 unspecified atom stereocenters. The third-order valence-corrected chi connectivity index (χ3v) is 2.98. The van der Waals surface area contributed by atoms with Crippen molar-refractivity contribution in [3.8, 4) is 5.75 Å². The van der Waals surface area contributed by atoms with Gasteiger partial charge in [-0.05, 0) is 65.1 Å². The van der Waals surface area contributed by atoms with E-state index in [9.17, 15) is 0 Å². The molecule has 0 aliphatic carbocycles. The van der Waals surface area contributed by atoms with Crippen molar-refractivity contribution in [3.63, 3.8) is 0 Å². The average Bonchev–Trinajstić information content (AvgIpc) is 2.22. The fourth-order valence-electron chi connectivity index (χ4n) is 2.26. The second kappa shape index (κ2) is 6.24. The highest BCUT2D eigenvalue weighted by molar-refractivity contribution is 5.43. The maximum Gasteiger partial charge on any atom is 0.124 e. The van der Waals surface area contributed by atoms with Crippen LogP contribution < -0.4 is 10.1 Å². The third-order valence-electron chi connectivity index (χ3n) is 2.98. The molecule has 0 saturated heterocycles. The summed E-state index contributed by atoms with van der Waals surface area (Å²) in [5, 5.41) is 3.52. The van der Waals surface area contributed by atoms with Crippen LogP contribution in [-0.4, -0.2) is 19.2 Å². The lowest BCUT2D eigenvalue weighted by atomic mass is 10.0. The van der Waals surface area contributed by atoms with Crippen molar-refractivity contribution in [2.45, 2.75) is 53.0 Å². The van der Waals surface area contributed by atoms with Crippen molar-refractivity contribution < 1.29 is 4.74 Å². The molecule has 1 rings (SSSR count). The summed E-state index contributed by atoms with van der Waals surface area (Å²) in [5.74, 6) is 1.05. The highest BCUT2D eigenvalue weighted by atomic mass is 16.5. The Kier molecular flexibility index (Phi) is 5.21. The zero-order chi connectivity index (χ0) is 13.8. The van der Waals surface area contributed by atoms with Crippen LogP contribution in [0.2, 0.25) is 0 Å². The van der Waals surface area contributed by atoms with Gasteiger partial charge in [0.25, 0.3) is 0 Å². The first-order valence-corrected chi connectivity index (χ1v) is 6.72. The maximum atomic E-state index is 5.51. The van der Waals surface area contributed by atoms with Crippen molar-refractivity contribution in [2.75, 3.05) is 13.7 Å². The summed E-state index contributed by atoms with van der Waals surface area (Å²) in [7, 11) is 1.76. The van der Waals surface area contributed by atoms with Gasteiger partial charge in [-0.25, -0.2) is 0 Å². The van der Waals surface area contributed by atoms with E-state index in [0.29, 0.717) is 0 Å². The lowest BCUT2D eigenvalue weighted by Gasteiger charge is -2.20. The van der Waals surface area contributed by atoms with Crippen LogP contribution in [0.25, 0.3) is 0 Å². The molecular weight excluding hydrogens is 222 g/mol. The zero-order valence-electron chi connectivity index (χ0n) is 12.7. The van der Waals surface area contributed by atoms with Gasteiger partial charge in [-0.15, -0.1) is 0 Å². The van der Waals surface area contributed by atoms with Crippen LogP contribution in [0.4, 0.5) is 0 Å². The van der Waals surface area contributed by atoms with Crippen LogP contribution in [0.15, 0.2) is 12.1 Å². The summed E-state index contributed by atoms with van der Waals surface area (Å²) in [5.41, 5.74) is 4.07. The monoisotopic (exact) mass is 249 g/mol. The second-order valence-electron chi connectivity index (χ2n) is 6.05. The summed E-state index contributed by atoms with van der Waals surface area (Å²) in [6, 6.07) is 4.42. The van der Waals surface area contributed by atoms with E-state index in [1.807, 2.05) is 0 Å². The van der Waals surface area contributed by atoms with Gasteiger partial charge in [0.1, 0.15) is 5.75 Å². The molecule has 2 heteroatoms. The Morgan fingerprint density at radius 2 is 1.83 bits per heavy atom. The molecule has 0 radical (unpaired) electrons. The van der Waals surface area contributed by atoms with Gasteiger partial charge < -0.3 is 10.1 Å². The number of hydrogen-bond donors (Lipinski definition) is 1. The molecule has 0 aromatic heterocycles. The van der Waals surface area contributed by atoms with Crippen molar-refractivity contribution in [1.82, 2.24) is 5.32 Å². The fraction of sp³-hybridized carbons (Fsp3) is 0.625. The first-order valence-electron chi connectivity index (χ1n) is 6.72. The number of benzene rings is 1. The molecule has 0 aliphatic rings. The first kappa shape index (κ1) is 15.0. The Balaban J connectivity index is 2.61. The van der Waals surface area contributed by atoms with Crippen molar-refractivity contribution >= 4 is 0 Å². The Bertz CT molecular complexity index is 391. The number of ether oxygens (including phenoxy) is 1. The summed E-state index contributed by atoms with van der Waals surface area (Å²) >= 11 is 0. The zero-order valence-corrected chi connectivity index (χ0v) is 12.7. The number of methoxy groups -OCH3 is 1. The van der Waals surface area contributed by atoms with Crippen LogP contribution in [0.3, 0.4) is 0 Å². The Hall–Kier alpha value is -1.02. The molecule has 0 bridgehead atoms. The predicted molar refractivity (Wildman–Crippen MR) is 78.5 cm³/mol. The van der Waals surface area contributed by atoms with Crippen molar-refractivity contribution in [2.24, 2.45) is 0 Å². The number of rotatable bonds is 5. The lowest BCUT2D eigenvalue weighted by Crippen LogP contribution is -2.36. The van der Waals surface area contributed by atoms with E-state index in [1.165, 1.54) is 16.7 Å². The SMILES string of the molecule is COc1c(C)cc(C)cc1CCCNC(C)(C)C. The summed E-state index contributed by atoms with van der Waals surface area (Å²) in [4.78, 5) is 0. The van der Waals surface area contributed by atoms with E-state index in [-0.39, 0.29) is 5.54 Å². The molecule has 2 nitrogen and oxygen atoms in total. The summed E-state index contributed by atoms with van der Waals surface area (Å²) in [6.45, 7) is 11.9. The van der Waals surface area contributed by atoms with Crippen LogP contribution in [-0.2, 0) is 6.42 Å². The maximum absolute atomic E-state index is 5.51. The predicted octanol–water partition coefficient (Wildman–Crippen LogP) is 3.63. The van der Waals surface area contributed by atoms with E-state index in [0.717, 1.165) is 25.1 Å². The van der Waals surface area contributed by atoms with Gasteiger partial charge in [0, 0.05) is 5.54 Å². The molecule has 0 spiro atoms. The molecular formula is C16H27NO. The van der Waals surface area contributed by atoms with Crippen LogP contribution in [0, 0.1) is 13.8 Å². The molecule has 102 valence electrons. The highest BCUT2D eigenvalue weighted by Crippen LogP contribution is 2.26. The molecule has 0 fully saturated rings. The van der Waals surface area contributed by atoms with Crippen molar-refractivity contribution in [3.05, 3.63) is 28.8 Å². The molecule has 18 heavy (non-hydrogen) atoms. The summed E-state index contributed by atoms with van der Waals surface area (Å²) < 4.78 is 5.51. The molecule has 1 aromatic carbocycles. The lowest BCUT2D eigenvalue weighted by molar-refractivity contribution is 0.401. The van der Waals surface area contributed by atoms with E-state index < -0.39 is 0 Å². The molecule has 0 atom stereocenters. The van der Waals surface area contributed by atoms with Gasteiger partial charge in [0.05, 0.1) is 7.11 Å². The van der Waals surface area contributed by atoms with Gasteiger partial charge in [0.2, 0.25) is 0 Å². The van der Waals surface area contributed by atoms with Gasteiger partial charge in [-0.3, -0.25) is 0 Å². The first-order chi connectivity index (χ1) is 8.33. The Morgan fingerprint density at radius 3 is 2.39 bits per heavy atom. The minimum Gasteiger partial charge on any atom is -0.496 e. The average molecular weight is 249 g/mol. The number of nitrogens with one attached hydrogen (secondary N) is 1. The van der Waals surface area contributed by atoms with Crippen LogP contribution in [0.1, 0.15) is 43.9 Å².